The molecule has 0 saturated heterocycles. The van der Waals surface area contributed by atoms with Gasteiger partial charge in [0.15, 0.2) is 5.75 Å². The highest BCUT2D eigenvalue weighted by molar-refractivity contribution is 9.10. The summed E-state index contributed by atoms with van der Waals surface area (Å²) in [6.07, 6.45) is 3.61. The van der Waals surface area contributed by atoms with Crippen molar-refractivity contribution < 1.29 is 14.1 Å². The van der Waals surface area contributed by atoms with E-state index < -0.39 is 10.7 Å². The number of nitrogens with zero attached hydrogens (tertiary/aromatic N) is 1. The Morgan fingerprint density at radius 1 is 1.32 bits per heavy atom. The first-order valence-electron chi connectivity index (χ1n) is 5.88. The van der Waals surface area contributed by atoms with Gasteiger partial charge in [0.2, 0.25) is 0 Å². The van der Waals surface area contributed by atoms with E-state index in [1.54, 1.807) is 0 Å². The lowest BCUT2D eigenvalue weighted by molar-refractivity contribution is -0.386. The molecule has 0 unspecified atom stereocenters. The van der Waals surface area contributed by atoms with Crippen molar-refractivity contribution in [1.29, 1.82) is 0 Å². The van der Waals surface area contributed by atoms with Crippen LogP contribution in [-0.4, -0.2) is 17.4 Å². The molecule has 0 heterocycles. The quantitative estimate of drug-likeness (QED) is 0.295. The molecule has 0 aromatic heterocycles. The molecular formula is C12H14BrClFNO3. The highest BCUT2D eigenvalue weighted by Crippen LogP contribution is 2.32. The topological polar surface area (TPSA) is 52.4 Å². The lowest BCUT2D eigenvalue weighted by atomic mass is 10.2. The Labute approximate surface area is 124 Å². The van der Waals surface area contributed by atoms with E-state index in [4.69, 9.17) is 16.3 Å². The summed E-state index contributed by atoms with van der Waals surface area (Å²) in [6.45, 7) is 0.324. The van der Waals surface area contributed by atoms with Crippen molar-refractivity contribution in [3.63, 3.8) is 0 Å². The first kappa shape index (κ1) is 16.2. The van der Waals surface area contributed by atoms with E-state index in [-0.39, 0.29) is 15.9 Å². The van der Waals surface area contributed by atoms with Crippen LogP contribution in [0.1, 0.15) is 25.7 Å². The van der Waals surface area contributed by atoms with Gasteiger partial charge in [0.1, 0.15) is 5.82 Å². The molecule has 0 bridgehead atoms. The van der Waals surface area contributed by atoms with Gasteiger partial charge in [0.05, 0.1) is 16.0 Å². The third-order valence-corrected chi connectivity index (χ3v) is 3.36. The predicted molar refractivity (Wildman–Crippen MR) is 75.4 cm³/mol. The third-order valence-electron chi connectivity index (χ3n) is 2.48. The summed E-state index contributed by atoms with van der Waals surface area (Å²) in [5.74, 6) is 0.00957. The zero-order chi connectivity index (χ0) is 14.3. The van der Waals surface area contributed by atoms with Gasteiger partial charge in [0.25, 0.3) is 0 Å². The van der Waals surface area contributed by atoms with Crippen LogP contribution in [0, 0.1) is 15.9 Å². The van der Waals surface area contributed by atoms with Crippen LogP contribution in [0.4, 0.5) is 10.1 Å². The van der Waals surface area contributed by atoms with E-state index in [1.807, 2.05) is 0 Å². The summed E-state index contributed by atoms with van der Waals surface area (Å²) in [5, 5.41) is 10.8. The number of nitro groups is 1. The molecule has 0 N–H and O–H groups in total. The van der Waals surface area contributed by atoms with Crippen molar-refractivity contribution in [3.05, 3.63) is 32.5 Å². The molecule has 0 radical (unpaired) electrons. The molecule has 106 valence electrons. The Kier molecular flexibility index (Phi) is 7.09. The summed E-state index contributed by atoms with van der Waals surface area (Å²) < 4.78 is 18.7. The first-order chi connectivity index (χ1) is 9.06. The highest BCUT2D eigenvalue weighted by Gasteiger charge is 2.18. The number of hydrogen-bond acceptors (Lipinski definition) is 3. The zero-order valence-electron chi connectivity index (χ0n) is 10.2. The fourth-order valence-electron chi connectivity index (χ4n) is 1.51. The van der Waals surface area contributed by atoms with Crippen molar-refractivity contribution in [2.24, 2.45) is 0 Å². The van der Waals surface area contributed by atoms with Crippen molar-refractivity contribution in [3.8, 4) is 5.75 Å². The fourth-order valence-corrected chi connectivity index (χ4v) is 2.03. The molecule has 19 heavy (non-hydrogen) atoms. The average molecular weight is 355 g/mol. The number of unbranched alkanes of at least 4 members (excludes halogenated alkanes) is 3. The molecule has 0 aliphatic rings. The number of benzene rings is 1. The highest BCUT2D eigenvalue weighted by atomic mass is 79.9. The maximum atomic E-state index is 13.3. The number of hydrogen-bond donors (Lipinski definition) is 0. The molecule has 4 nitrogen and oxygen atoms in total. The second-order valence-corrected chi connectivity index (χ2v) is 5.18. The van der Waals surface area contributed by atoms with E-state index in [9.17, 15) is 14.5 Å². The SMILES string of the molecule is O=[N+]([O-])c1cc(Br)c(F)cc1OCCCCCCCl. The monoisotopic (exact) mass is 353 g/mol. The number of ether oxygens (including phenoxy) is 1. The molecule has 0 aliphatic heterocycles. The summed E-state index contributed by atoms with van der Waals surface area (Å²) >= 11 is 8.46. The van der Waals surface area contributed by atoms with Gasteiger partial charge in [-0.1, -0.05) is 12.8 Å². The summed E-state index contributed by atoms with van der Waals surface area (Å²) in [4.78, 5) is 10.2. The minimum atomic E-state index is -0.590. The van der Waals surface area contributed by atoms with Crippen LogP contribution in [-0.2, 0) is 0 Å². The normalized spacial score (nSPS) is 10.5. The van der Waals surface area contributed by atoms with Crippen LogP contribution in [0.5, 0.6) is 5.75 Å². The van der Waals surface area contributed by atoms with Crippen LogP contribution in [0.25, 0.3) is 0 Å². The molecule has 0 spiro atoms. The van der Waals surface area contributed by atoms with Gasteiger partial charge in [-0.3, -0.25) is 10.1 Å². The van der Waals surface area contributed by atoms with Crippen LogP contribution in [0.3, 0.4) is 0 Å². The lowest BCUT2D eigenvalue weighted by Crippen LogP contribution is -2.01. The Morgan fingerprint density at radius 2 is 2.00 bits per heavy atom. The second-order valence-electron chi connectivity index (χ2n) is 3.94. The lowest BCUT2D eigenvalue weighted by Gasteiger charge is -2.07. The fraction of sp³-hybridized carbons (Fsp3) is 0.500. The molecule has 1 aromatic carbocycles. The molecule has 0 aliphatic carbocycles. The third kappa shape index (κ3) is 5.32. The Morgan fingerprint density at radius 3 is 2.63 bits per heavy atom. The van der Waals surface area contributed by atoms with E-state index in [0.717, 1.165) is 37.8 Å². The molecule has 0 amide bonds. The van der Waals surface area contributed by atoms with Crippen molar-refractivity contribution in [2.75, 3.05) is 12.5 Å². The van der Waals surface area contributed by atoms with Crippen molar-refractivity contribution >= 4 is 33.2 Å². The molecule has 0 atom stereocenters. The molecule has 7 heteroatoms. The van der Waals surface area contributed by atoms with Gasteiger partial charge in [-0.15, -0.1) is 11.6 Å². The Hall–Kier alpha value is -0.880. The number of alkyl halides is 1. The van der Waals surface area contributed by atoms with E-state index in [1.165, 1.54) is 0 Å². The first-order valence-corrected chi connectivity index (χ1v) is 7.21. The average Bonchev–Trinajstić information content (AvgIpc) is 2.37. The molecule has 1 rings (SSSR count). The number of rotatable bonds is 8. The van der Waals surface area contributed by atoms with Gasteiger partial charge < -0.3 is 4.74 Å². The molecule has 0 saturated carbocycles. The Bertz CT molecular complexity index is 445. The van der Waals surface area contributed by atoms with Crippen molar-refractivity contribution in [2.45, 2.75) is 25.7 Å². The minimum Gasteiger partial charge on any atom is -0.487 e. The predicted octanol–water partition coefficient (Wildman–Crippen LogP) is 4.67. The van der Waals surface area contributed by atoms with Crippen molar-refractivity contribution in [1.82, 2.24) is 0 Å². The van der Waals surface area contributed by atoms with Gasteiger partial charge in [-0.25, -0.2) is 4.39 Å². The molecule has 0 fully saturated rings. The standard InChI is InChI=1S/C12H14BrClFNO3/c13-9-7-11(16(17)18)12(8-10(9)15)19-6-4-2-1-3-5-14/h7-8H,1-6H2. The van der Waals surface area contributed by atoms with Gasteiger partial charge in [-0.05, 0) is 28.8 Å². The zero-order valence-corrected chi connectivity index (χ0v) is 12.5. The van der Waals surface area contributed by atoms with Crippen LogP contribution >= 0.6 is 27.5 Å². The summed E-state index contributed by atoms with van der Waals surface area (Å²) in [6, 6.07) is 2.14. The van der Waals surface area contributed by atoms with Crippen LogP contribution in [0.2, 0.25) is 0 Å². The smallest absolute Gasteiger partial charge is 0.312 e. The largest absolute Gasteiger partial charge is 0.487 e. The van der Waals surface area contributed by atoms with E-state index in [0.29, 0.717) is 12.5 Å². The van der Waals surface area contributed by atoms with E-state index in [2.05, 4.69) is 15.9 Å². The maximum absolute atomic E-state index is 13.3. The van der Waals surface area contributed by atoms with Gasteiger partial charge >= 0.3 is 5.69 Å². The van der Waals surface area contributed by atoms with E-state index >= 15 is 0 Å². The minimum absolute atomic E-state index is 0.0388. The van der Waals surface area contributed by atoms with Gasteiger partial charge in [0, 0.05) is 18.0 Å². The number of halogens is 3. The maximum Gasteiger partial charge on any atom is 0.312 e. The van der Waals surface area contributed by atoms with Crippen LogP contribution < -0.4 is 4.74 Å². The van der Waals surface area contributed by atoms with Gasteiger partial charge in [-0.2, -0.15) is 0 Å². The van der Waals surface area contributed by atoms with Crippen LogP contribution in [0.15, 0.2) is 16.6 Å². The Balaban J connectivity index is 2.57. The molecular weight excluding hydrogens is 340 g/mol. The molecule has 1 aromatic rings. The summed E-state index contributed by atoms with van der Waals surface area (Å²) in [7, 11) is 0. The second kappa shape index (κ2) is 8.32. The number of nitro benzene ring substituents is 1. The summed E-state index contributed by atoms with van der Waals surface area (Å²) in [5.41, 5.74) is -0.242.